The van der Waals surface area contributed by atoms with Crippen molar-refractivity contribution in [2.45, 2.75) is 129 Å². The van der Waals surface area contributed by atoms with Gasteiger partial charge in [-0.2, -0.15) is 0 Å². The number of Topliss-reactive ketones (excluding diaryl/α,β-unsaturated/α-hetero) is 2. The van der Waals surface area contributed by atoms with E-state index in [9.17, 15) is 9.59 Å². The van der Waals surface area contributed by atoms with E-state index >= 15 is 0 Å². The molecule has 0 aliphatic carbocycles. The Balaban J connectivity index is 3.00. The molecule has 24 heavy (non-hydrogen) atoms. The fourth-order valence-corrected chi connectivity index (χ4v) is 3.22. The highest BCUT2D eigenvalue weighted by molar-refractivity contribution is 5.75. The summed E-state index contributed by atoms with van der Waals surface area (Å²) < 4.78 is 0. The van der Waals surface area contributed by atoms with Crippen molar-refractivity contribution in [2.75, 3.05) is 0 Å². The van der Waals surface area contributed by atoms with Gasteiger partial charge in [0.15, 0.2) is 0 Å². The van der Waals surface area contributed by atoms with Gasteiger partial charge in [-0.05, 0) is 26.7 Å². The zero-order valence-corrected chi connectivity index (χ0v) is 16.5. The summed E-state index contributed by atoms with van der Waals surface area (Å²) in [5.74, 6) is 0.672. The van der Waals surface area contributed by atoms with Crippen LogP contribution in [0, 0.1) is 0 Å². The van der Waals surface area contributed by atoms with Crippen molar-refractivity contribution in [3.63, 3.8) is 0 Å². The lowest BCUT2D eigenvalue weighted by Crippen LogP contribution is -1.89. The number of ketones is 2. The van der Waals surface area contributed by atoms with Crippen LogP contribution < -0.4 is 0 Å². The maximum atomic E-state index is 10.8. The Hall–Kier alpha value is -0.660. The molecular formula is C22H42O2. The second-order valence-electron chi connectivity index (χ2n) is 7.56. The molecule has 2 heteroatoms. The lowest BCUT2D eigenvalue weighted by Gasteiger charge is -2.03. The van der Waals surface area contributed by atoms with E-state index in [1.807, 2.05) is 0 Å². The summed E-state index contributed by atoms with van der Waals surface area (Å²) >= 11 is 0. The topological polar surface area (TPSA) is 34.1 Å². The second kappa shape index (κ2) is 18.7. The average molecular weight is 339 g/mol. The average Bonchev–Trinajstić information content (AvgIpc) is 2.53. The van der Waals surface area contributed by atoms with Crippen LogP contribution in [0.15, 0.2) is 0 Å². The molecule has 0 rings (SSSR count). The second-order valence-corrected chi connectivity index (χ2v) is 7.56. The van der Waals surface area contributed by atoms with Gasteiger partial charge >= 0.3 is 0 Å². The quantitative estimate of drug-likeness (QED) is 0.234. The van der Waals surface area contributed by atoms with Crippen LogP contribution in [0.25, 0.3) is 0 Å². The van der Waals surface area contributed by atoms with Gasteiger partial charge in [-0.1, -0.05) is 89.9 Å². The third-order valence-electron chi connectivity index (χ3n) is 4.81. The number of hydrogen-bond donors (Lipinski definition) is 0. The fraction of sp³-hybridized carbons (Fsp3) is 0.909. The molecule has 0 aromatic heterocycles. The first kappa shape index (κ1) is 23.3. The van der Waals surface area contributed by atoms with Crippen molar-refractivity contribution in [1.29, 1.82) is 0 Å². The van der Waals surface area contributed by atoms with Crippen LogP contribution in [0.1, 0.15) is 129 Å². The highest BCUT2D eigenvalue weighted by Crippen LogP contribution is 2.14. The molecule has 2 nitrogen and oxygen atoms in total. The minimum atomic E-state index is 0.336. The molecule has 0 saturated carbocycles. The van der Waals surface area contributed by atoms with Gasteiger partial charge in [0.1, 0.15) is 11.6 Å². The summed E-state index contributed by atoms with van der Waals surface area (Å²) in [4.78, 5) is 21.6. The molecule has 142 valence electrons. The molecule has 0 radical (unpaired) electrons. The van der Waals surface area contributed by atoms with Gasteiger partial charge in [0.05, 0.1) is 0 Å². The molecule has 0 aliphatic heterocycles. The Kier molecular flexibility index (Phi) is 18.2. The van der Waals surface area contributed by atoms with Crippen molar-refractivity contribution in [3.8, 4) is 0 Å². The standard InChI is InChI=1S/C22H42O2/c1-21(23)19-17-15-13-11-9-7-5-3-4-6-8-10-12-14-16-18-20-22(2)24/h3-20H2,1-2H3. The zero-order valence-electron chi connectivity index (χ0n) is 16.5. The molecule has 0 heterocycles. The first-order valence-corrected chi connectivity index (χ1v) is 10.6. The molecule has 0 bridgehead atoms. The van der Waals surface area contributed by atoms with Gasteiger partial charge in [0.2, 0.25) is 0 Å². The lowest BCUT2D eigenvalue weighted by molar-refractivity contribution is -0.117. The van der Waals surface area contributed by atoms with Crippen molar-refractivity contribution < 1.29 is 9.59 Å². The summed E-state index contributed by atoms with van der Waals surface area (Å²) in [6, 6.07) is 0. The molecule has 0 fully saturated rings. The zero-order chi connectivity index (χ0) is 17.9. The van der Waals surface area contributed by atoms with E-state index < -0.39 is 0 Å². The Labute approximate surface area is 151 Å². The van der Waals surface area contributed by atoms with Crippen molar-refractivity contribution in [1.82, 2.24) is 0 Å². The molecule has 0 N–H and O–H groups in total. The van der Waals surface area contributed by atoms with Crippen LogP contribution in [-0.2, 0) is 9.59 Å². The smallest absolute Gasteiger partial charge is 0.129 e. The molecule has 0 spiro atoms. The highest BCUT2D eigenvalue weighted by Gasteiger charge is 1.97. The van der Waals surface area contributed by atoms with E-state index in [1.165, 1.54) is 89.9 Å². The van der Waals surface area contributed by atoms with Gasteiger partial charge in [-0.25, -0.2) is 0 Å². The number of unbranched alkanes of at least 4 members (excludes halogenated alkanes) is 15. The van der Waals surface area contributed by atoms with E-state index in [0.717, 1.165) is 25.7 Å². The summed E-state index contributed by atoms with van der Waals surface area (Å²) in [6.07, 6.45) is 22.6. The van der Waals surface area contributed by atoms with E-state index in [2.05, 4.69) is 0 Å². The van der Waals surface area contributed by atoms with Crippen molar-refractivity contribution >= 4 is 11.6 Å². The van der Waals surface area contributed by atoms with Gasteiger partial charge in [0, 0.05) is 12.8 Å². The lowest BCUT2D eigenvalue weighted by atomic mass is 10.0. The number of carbonyl (C=O) groups excluding carboxylic acids is 2. The fourth-order valence-electron chi connectivity index (χ4n) is 3.22. The Morgan fingerprint density at radius 1 is 0.375 bits per heavy atom. The van der Waals surface area contributed by atoms with Gasteiger partial charge in [0.25, 0.3) is 0 Å². The molecular weight excluding hydrogens is 296 g/mol. The van der Waals surface area contributed by atoms with Crippen molar-refractivity contribution in [3.05, 3.63) is 0 Å². The summed E-state index contributed by atoms with van der Waals surface area (Å²) in [7, 11) is 0. The van der Waals surface area contributed by atoms with E-state index in [4.69, 9.17) is 0 Å². The molecule has 0 amide bonds. The molecule has 0 atom stereocenters. The highest BCUT2D eigenvalue weighted by atomic mass is 16.1. The van der Waals surface area contributed by atoms with Gasteiger partial charge in [-0.3, -0.25) is 0 Å². The normalized spacial score (nSPS) is 10.9. The van der Waals surface area contributed by atoms with Crippen LogP contribution in [-0.4, -0.2) is 11.6 Å². The summed E-state index contributed by atoms with van der Waals surface area (Å²) in [5.41, 5.74) is 0. The summed E-state index contributed by atoms with van der Waals surface area (Å²) in [6.45, 7) is 3.38. The van der Waals surface area contributed by atoms with E-state index in [-0.39, 0.29) is 0 Å². The first-order chi connectivity index (χ1) is 11.6. The molecule has 0 saturated heterocycles. The van der Waals surface area contributed by atoms with Gasteiger partial charge in [-0.15, -0.1) is 0 Å². The molecule has 0 unspecified atom stereocenters. The number of carbonyl (C=O) groups is 2. The van der Waals surface area contributed by atoms with E-state index in [1.54, 1.807) is 13.8 Å². The Bertz CT molecular complexity index is 266. The number of hydrogen-bond acceptors (Lipinski definition) is 2. The predicted molar refractivity (Wildman–Crippen MR) is 104 cm³/mol. The van der Waals surface area contributed by atoms with Crippen LogP contribution in [0.5, 0.6) is 0 Å². The van der Waals surface area contributed by atoms with E-state index in [0.29, 0.717) is 11.6 Å². The number of rotatable bonds is 19. The minimum Gasteiger partial charge on any atom is -0.300 e. The Morgan fingerprint density at radius 3 is 0.708 bits per heavy atom. The Morgan fingerprint density at radius 2 is 0.542 bits per heavy atom. The molecule has 0 aliphatic rings. The predicted octanol–water partition coefficient (Wildman–Crippen LogP) is 7.19. The third kappa shape index (κ3) is 21.3. The molecule has 0 aromatic carbocycles. The monoisotopic (exact) mass is 338 g/mol. The molecule has 0 aromatic rings. The third-order valence-corrected chi connectivity index (χ3v) is 4.81. The minimum absolute atomic E-state index is 0.336. The maximum absolute atomic E-state index is 10.8. The SMILES string of the molecule is CC(=O)CCCCCCCCCCCCCCCCCCC(C)=O. The van der Waals surface area contributed by atoms with Crippen LogP contribution in [0.3, 0.4) is 0 Å². The summed E-state index contributed by atoms with van der Waals surface area (Å²) in [5, 5.41) is 0. The van der Waals surface area contributed by atoms with Gasteiger partial charge < -0.3 is 9.59 Å². The van der Waals surface area contributed by atoms with Crippen LogP contribution >= 0.6 is 0 Å². The maximum Gasteiger partial charge on any atom is 0.129 e. The van der Waals surface area contributed by atoms with Crippen LogP contribution in [0.4, 0.5) is 0 Å². The van der Waals surface area contributed by atoms with Crippen molar-refractivity contribution in [2.24, 2.45) is 0 Å². The largest absolute Gasteiger partial charge is 0.300 e. The van der Waals surface area contributed by atoms with Crippen LogP contribution in [0.2, 0.25) is 0 Å². The first-order valence-electron chi connectivity index (χ1n) is 10.6.